The fourth-order valence-corrected chi connectivity index (χ4v) is 4.25. The van der Waals surface area contributed by atoms with Crippen LogP contribution in [0.5, 0.6) is 0 Å². The quantitative estimate of drug-likeness (QED) is 0.381. The summed E-state index contributed by atoms with van der Waals surface area (Å²) in [4.78, 5) is 32.5. The second-order valence-electron chi connectivity index (χ2n) is 8.23. The number of anilines is 1. The molecule has 176 valence electrons. The summed E-state index contributed by atoms with van der Waals surface area (Å²) in [6.07, 6.45) is 5.49. The SMILES string of the molecule is CCC(=O)NC(C)c1c(F)c(Cl)c(-c2cn3cc(NC(=O)[C@@H]4C[C@@H]4F)nc3cn2)c2cn[nH]c12. The second kappa shape index (κ2) is 8.32. The zero-order valence-corrected chi connectivity index (χ0v) is 19.0. The Morgan fingerprint density at radius 2 is 2.12 bits per heavy atom. The van der Waals surface area contributed by atoms with Gasteiger partial charge in [0.2, 0.25) is 11.8 Å². The van der Waals surface area contributed by atoms with Crippen molar-refractivity contribution in [3.05, 3.63) is 41.2 Å². The maximum Gasteiger partial charge on any atom is 0.231 e. The number of hydrogen-bond acceptors (Lipinski definition) is 5. The van der Waals surface area contributed by atoms with Crippen molar-refractivity contribution in [3.63, 3.8) is 0 Å². The van der Waals surface area contributed by atoms with Gasteiger partial charge in [0.1, 0.15) is 12.0 Å². The first kappa shape index (κ1) is 22.2. The van der Waals surface area contributed by atoms with Crippen LogP contribution in [0.3, 0.4) is 0 Å². The van der Waals surface area contributed by atoms with E-state index in [1.54, 1.807) is 30.6 Å². The number of benzene rings is 1. The highest BCUT2D eigenvalue weighted by atomic mass is 35.5. The molecule has 12 heteroatoms. The van der Waals surface area contributed by atoms with E-state index >= 15 is 4.39 Å². The van der Waals surface area contributed by atoms with Crippen LogP contribution in [0.1, 0.15) is 38.3 Å². The summed E-state index contributed by atoms with van der Waals surface area (Å²) in [5.41, 5.74) is 1.69. The number of hydrogen-bond donors (Lipinski definition) is 3. The first-order valence-corrected chi connectivity index (χ1v) is 11.1. The van der Waals surface area contributed by atoms with E-state index < -0.39 is 29.9 Å². The Labute approximate surface area is 196 Å². The van der Waals surface area contributed by atoms with Gasteiger partial charge in [0, 0.05) is 29.1 Å². The molecule has 3 heterocycles. The number of rotatable bonds is 6. The number of halogens is 3. The Morgan fingerprint density at radius 3 is 2.82 bits per heavy atom. The molecule has 3 aromatic heterocycles. The molecule has 1 fully saturated rings. The number of carbonyl (C=O) groups is 2. The molecule has 1 aliphatic carbocycles. The molecule has 0 saturated heterocycles. The number of nitrogens with zero attached hydrogens (tertiary/aromatic N) is 4. The van der Waals surface area contributed by atoms with E-state index in [-0.39, 0.29) is 35.2 Å². The summed E-state index contributed by atoms with van der Waals surface area (Å²) in [6, 6.07) is -0.646. The van der Waals surface area contributed by atoms with Gasteiger partial charge in [-0.05, 0) is 13.3 Å². The highest BCUT2D eigenvalue weighted by molar-refractivity contribution is 6.35. The van der Waals surface area contributed by atoms with Gasteiger partial charge in [-0.1, -0.05) is 18.5 Å². The maximum absolute atomic E-state index is 15.5. The Balaban J connectivity index is 1.55. The third-order valence-corrected chi connectivity index (χ3v) is 6.21. The highest BCUT2D eigenvalue weighted by Gasteiger charge is 2.43. The Kier molecular flexibility index (Phi) is 5.43. The number of fused-ring (bicyclic) bond motifs is 2. The lowest BCUT2D eigenvalue weighted by Crippen LogP contribution is -2.26. The monoisotopic (exact) mass is 487 g/mol. The molecule has 1 saturated carbocycles. The normalized spacial score (nSPS) is 18.3. The average molecular weight is 488 g/mol. The number of H-pyrrole nitrogens is 1. The van der Waals surface area contributed by atoms with Gasteiger partial charge in [-0.25, -0.2) is 13.8 Å². The summed E-state index contributed by atoms with van der Waals surface area (Å²) >= 11 is 6.48. The molecule has 3 atom stereocenters. The van der Waals surface area contributed by atoms with Gasteiger partial charge in [0.05, 0.1) is 46.8 Å². The van der Waals surface area contributed by atoms with Crippen LogP contribution >= 0.6 is 11.6 Å². The minimum Gasteiger partial charge on any atom is -0.349 e. The van der Waals surface area contributed by atoms with Crippen LogP contribution in [0.25, 0.3) is 27.8 Å². The van der Waals surface area contributed by atoms with E-state index in [4.69, 9.17) is 11.6 Å². The zero-order chi connectivity index (χ0) is 24.1. The Hall–Kier alpha value is -3.60. The lowest BCUT2D eigenvalue weighted by Gasteiger charge is -2.18. The van der Waals surface area contributed by atoms with Crippen molar-refractivity contribution in [1.29, 1.82) is 0 Å². The van der Waals surface area contributed by atoms with Crippen molar-refractivity contribution in [3.8, 4) is 11.3 Å². The maximum atomic E-state index is 15.5. The molecule has 0 bridgehead atoms. The Morgan fingerprint density at radius 1 is 1.35 bits per heavy atom. The fourth-order valence-electron chi connectivity index (χ4n) is 3.95. The van der Waals surface area contributed by atoms with Gasteiger partial charge >= 0.3 is 0 Å². The van der Waals surface area contributed by atoms with E-state index in [0.29, 0.717) is 27.8 Å². The molecule has 1 unspecified atom stereocenters. The highest BCUT2D eigenvalue weighted by Crippen LogP contribution is 2.40. The van der Waals surface area contributed by atoms with Gasteiger partial charge in [-0.3, -0.25) is 19.7 Å². The summed E-state index contributed by atoms with van der Waals surface area (Å²) in [5, 5.41) is 12.6. The Bertz CT molecular complexity index is 1450. The van der Waals surface area contributed by atoms with Crippen molar-refractivity contribution in [1.82, 2.24) is 29.9 Å². The topological polar surface area (TPSA) is 117 Å². The molecule has 0 aliphatic heterocycles. The third kappa shape index (κ3) is 3.75. The zero-order valence-electron chi connectivity index (χ0n) is 18.2. The average Bonchev–Trinajstić information content (AvgIpc) is 3.17. The van der Waals surface area contributed by atoms with E-state index in [2.05, 4.69) is 30.8 Å². The fraction of sp³-hybridized carbons (Fsp3) is 0.318. The van der Waals surface area contributed by atoms with Gasteiger partial charge < -0.3 is 15.0 Å². The van der Waals surface area contributed by atoms with Gasteiger partial charge in [0.25, 0.3) is 0 Å². The van der Waals surface area contributed by atoms with E-state index in [9.17, 15) is 14.0 Å². The number of aromatic nitrogens is 5. The minimum absolute atomic E-state index is 0.162. The molecule has 2 amide bonds. The molecular weight excluding hydrogens is 468 g/mol. The second-order valence-corrected chi connectivity index (χ2v) is 8.61. The van der Waals surface area contributed by atoms with Crippen molar-refractivity contribution in [2.24, 2.45) is 5.92 Å². The van der Waals surface area contributed by atoms with Crippen LogP contribution < -0.4 is 10.6 Å². The number of aromatic amines is 1. The molecule has 4 aromatic rings. The van der Waals surface area contributed by atoms with Crippen molar-refractivity contribution >= 4 is 45.8 Å². The largest absolute Gasteiger partial charge is 0.349 e. The molecule has 9 nitrogen and oxygen atoms in total. The number of nitrogens with one attached hydrogen (secondary N) is 3. The lowest BCUT2D eigenvalue weighted by atomic mass is 9.98. The van der Waals surface area contributed by atoms with Crippen LogP contribution in [0.15, 0.2) is 24.8 Å². The predicted octanol–water partition coefficient (Wildman–Crippen LogP) is 3.95. The number of carbonyl (C=O) groups excluding carboxylic acids is 2. The smallest absolute Gasteiger partial charge is 0.231 e. The molecule has 0 radical (unpaired) electrons. The van der Waals surface area contributed by atoms with E-state index in [0.717, 1.165) is 0 Å². The number of alkyl halides is 1. The van der Waals surface area contributed by atoms with Crippen molar-refractivity contribution < 1.29 is 18.4 Å². The number of imidazole rings is 1. The molecule has 1 aromatic carbocycles. The molecular formula is C22H20ClF2N7O2. The summed E-state index contributed by atoms with van der Waals surface area (Å²) in [6.45, 7) is 3.37. The first-order valence-electron chi connectivity index (χ1n) is 10.7. The van der Waals surface area contributed by atoms with Gasteiger partial charge in [-0.2, -0.15) is 5.10 Å². The van der Waals surface area contributed by atoms with Crippen LogP contribution in [-0.2, 0) is 9.59 Å². The predicted molar refractivity (Wildman–Crippen MR) is 122 cm³/mol. The van der Waals surface area contributed by atoms with Crippen LogP contribution in [0, 0.1) is 11.7 Å². The molecule has 3 N–H and O–H groups in total. The van der Waals surface area contributed by atoms with Crippen LogP contribution in [-0.4, -0.2) is 42.6 Å². The molecule has 5 rings (SSSR count). The van der Waals surface area contributed by atoms with Crippen molar-refractivity contribution in [2.75, 3.05) is 5.32 Å². The molecule has 1 aliphatic rings. The first-order chi connectivity index (χ1) is 16.3. The van der Waals surface area contributed by atoms with Crippen LogP contribution in [0.2, 0.25) is 5.02 Å². The van der Waals surface area contributed by atoms with Crippen LogP contribution in [0.4, 0.5) is 14.6 Å². The summed E-state index contributed by atoms with van der Waals surface area (Å²) in [5.74, 6) is -1.72. The molecule has 34 heavy (non-hydrogen) atoms. The summed E-state index contributed by atoms with van der Waals surface area (Å²) < 4.78 is 30.2. The van der Waals surface area contributed by atoms with Gasteiger partial charge in [0.15, 0.2) is 11.5 Å². The molecule has 0 spiro atoms. The van der Waals surface area contributed by atoms with E-state index in [1.807, 2.05) is 0 Å². The number of amides is 2. The van der Waals surface area contributed by atoms with Crippen molar-refractivity contribution in [2.45, 2.75) is 38.9 Å². The summed E-state index contributed by atoms with van der Waals surface area (Å²) in [7, 11) is 0. The van der Waals surface area contributed by atoms with E-state index in [1.165, 1.54) is 12.4 Å². The standard InChI is InChI=1S/C22H20ClF2N7O2/c1-3-16(33)28-9(2)17-20(25)19(23)18(11-5-27-31-21(11)17)13-7-32-8-14(29-15(32)6-26-13)30-22(34)10-4-12(10)24/h5-10,12H,3-4H2,1-2H3,(H,27,31)(H,28,33)(H,30,34)/t9?,10-,12+/m1/s1. The lowest BCUT2D eigenvalue weighted by molar-refractivity contribution is -0.121. The van der Waals surface area contributed by atoms with Gasteiger partial charge in [-0.15, -0.1) is 0 Å². The third-order valence-electron chi connectivity index (χ3n) is 5.86. The minimum atomic E-state index is -1.11.